The number of aliphatic hydroxyl groups is 1. The van der Waals surface area contributed by atoms with E-state index < -0.39 is 6.10 Å². The Hall–Kier alpha value is -7.72. The first-order chi connectivity index (χ1) is 32.1. The highest BCUT2D eigenvalue weighted by molar-refractivity contribution is 6.24. The molecule has 0 bridgehead atoms. The van der Waals surface area contributed by atoms with Gasteiger partial charge in [0.05, 0.1) is 39.2 Å². The summed E-state index contributed by atoms with van der Waals surface area (Å²) in [6.45, 7) is 0. The van der Waals surface area contributed by atoms with Crippen molar-refractivity contribution in [2.24, 2.45) is 11.8 Å². The molecule has 8 aromatic carbocycles. The van der Waals surface area contributed by atoms with Crippen molar-refractivity contribution in [3.05, 3.63) is 227 Å². The second-order valence-electron chi connectivity index (χ2n) is 18.9. The number of aromatic nitrogens is 2. The van der Waals surface area contributed by atoms with Gasteiger partial charge < -0.3 is 13.9 Å². The molecule has 3 heteroatoms. The SMILES string of the molecule is OC1c2ccc(-c3ccc(C4C=c5c6ccccc6n6c5c(c5ccccc56)C4)cc3)cc2CC2C=CC(c3ccc(-c4cc5c6ccccc6n6c7ccccc7c(c4)c56)cc3)=CC21. The first-order valence-electron chi connectivity index (χ1n) is 23.2. The fourth-order valence-corrected chi connectivity index (χ4v) is 12.5. The van der Waals surface area contributed by atoms with E-state index in [4.69, 9.17) is 0 Å². The first-order valence-corrected chi connectivity index (χ1v) is 23.2. The first kappa shape index (κ1) is 35.7. The fourth-order valence-electron chi connectivity index (χ4n) is 12.5. The van der Waals surface area contributed by atoms with Gasteiger partial charge in [0.15, 0.2) is 0 Å². The van der Waals surface area contributed by atoms with Crippen LogP contribution in [-0.4, -0.2) is 13.9 Å². The van der Waals surface area contributed by atoms with Crippen molar-refractivity contribution in [3.8, 4) is 22.3 Å². The number of aliphatic hydroxyl groups excluding tert-OH is 1. The smallest absolute Gasteiger partial charge is 0.0861 e. The molecule has 3 nitrogen and oxygen atoms in total. The molecule has 15 rings (SSSR count). The fraction of sp³-hybridized carbons (Fsp3) is 0.0968. The highest BCUT2D eigenvalue weighted by atomic mass is 16.3. The molecule has 1 N–H and O–H groups in total. The van der Waals surface area contributed by atoms with Gasteiger partial charge in [-0.3, -0.25) is 0 Å². The molecule has 3 aliphatic carbocycles. The van der Waals surface area contributed by atoms with E-state index in [1.54, 1.807) is 0 Å². The summed E-state index contributed by atoms with van der Waals surface area (Å²) in [5, 5.41) is 21.2. The summed E-state index contributed by atoms with van der Waals surface area (Å²) in [6.07, 6.45) is 10.8. The summed E-state index contributed by atoms with van der Waals surface area (Å²) in [7, 11) is 0. The lowest BCUT2D eigenvalue weighted by Gasteiger charge is -2.36. The second-order valence-corrected chi connectivity index (χ2v) is 18.9. The lowest BCUT2D eigenvalue weighted by Crippen LogP contribution is -2.29. The van der Waals surface area contributed by atoms with Gasteiger partial charge >= 0.3 is 0 Å². The number of hydrogen-bond donors (Lipinski definition) is 1. The van der Waals surface area contributed by atoms with Crippen molar-refractivity contribution < 1.29 is 5.11 Å². The van der Waals surface area contributed by atoms with Crippen LogP contribution in [0.5, 0.6) is 0 Å². The average molecular weight is 831 g/mol. The Kier molecular flexibility index (Phi) is 7.23. The number of para-hydroxylation sites is 4. The zero-order valence-electron chi connectivity index (χ0n) is 35.6. The molecule has 0 saturated heterocycles. The third kappa shape index (κ3) is 4.99. The number of allylic oxidation sites excluding steroid dienone is 3. The summed E-state index contributed by atoms with van der Waals surface area (Å²) >= 11 is 0. The highest BCUT2D eigenvalue weighted by Gasteiger charge is 2.35. The molecular weight excluding hydrogens is 789 g/mol. The number of hydrogen-bond acceptors (Lipinski definition) is 1. The molecule has 65 heavy (non-hydrogen) atoms. The van der Waals surface area contributed by atoms with Gasteiger partial charge in [0.1, 0.15) is 0 Å². The Morgan fingerprint density at radius 2 is 1.00 bits per heavy atom. The maximum atomic E-state index is 12.0. The lowest BCUT2D eigenvalue weighted by atomic mass is 9.70. The average Bonchev–Trinajstić information content (AvgIpc) is 4.10. The van der Waals surface area contributed by atoms with Crippen molar-refractivity contribution in [1.82, 2.24) is 8.80 Å². The van der Waals surface area contributed by atoms with Gasteiger partial charge in [0.25, 0.3) is 0 Å². The van der Waals surface area contributed by atoms with Gasteiger partial charge in [-0.25, -0.2) is 0 Å². The van der Waals surface area contributed by atoms with E-state index >= 15 is 0 Å². The van der Waals surface area contributed by atoms with Crippen LogP contribution in [0.4, 0.5) is 0 Å². The standard InChI is InChI=1S/C62H42N2O/c65-62-46-28-27-40(36-17-21-38(22-18-36)43-32-52-47-9-1-5-13-56(47)63-57-14-6-2-10-48(57)53(33-43)60(52)63)29-45(46)30-42-26-25-41(31-51(42)62)37-19-23-39(24-20-37)44-34-54-49-11-3-7-15-58(49)64-59-16-8-4-12-50(59)55(35-44)61(54)64/h1-29,31-32,34-35,42-43,51,62,65H,30,33H2. The Morgan fingerprint density at radius 1 is 0.446 bits per heavy atom. The Balaban J connectivity index is 0.705. The van der Waals surface area contributed by atoms with Crippen LogP contribution in [0, 0.1) is 11.8 Å². The highest BCUT2D eigenvalue weighted by Crippen LogP contribution is 2.46. The van der Waals surface area contributed by atoms with Crippen LogP contribution in [0.1, 0.15) is 39.8 Å². The van der Waals surface area contributed by atoms with Crippen LogP contribution >= 0.6 is 0 Å². The molecule has 0 amide bonds. The van der Waals surface area contributed by atoms with E-state index in [0.717, 1.165) is 18.4 Å². The third-order valence-corrected chi connectivity index (χ3v) is 15.6. The molecule has 0 saturated carbocycles. The lowest BCUT2D eigenvalue weighted by molar-refractivity contribution is 0.0986. The van der Waals surface area contributed by atoms with E-state index in [1.165, 1.54) is 121 Å². The van der Waals surface area contributed by atoms with Crippen LogP contribution in [0.2, 0.25) is 0 Å². The van der Waals surface area contributed by atoms with Crippen LogP contribution in [-0.2, 0) is 12.8 Å². The number of nitrogens with zero attached hydrogens (tertiary/aromatic N) is 2. The molecule has 0 spiro atoms. The Bertz CT molecular complexity index is 4000. The minimum Gasteiger partial charge on any atom is -0.388 e. The van der Waals surface area contributed by atoms with Gasteiger partial charge in [-0.05, 0) is 111 Å². The maximum Gasteiger partial charge on any atom is 0.0861 e. The van der Waals surface area contributed by atoms with Crippen molar-refractivity contribution in [3.63, 3.8) is 0 Å². The Labute approximate surface area is 375 Å². The van der Waals surface area contributed by atoms with Crippen LogP contribution < -0.4 is 5.22 Å². The predicted octanol–water partition coefficient (Wildman–Crippen LogP) is 14.0. The normalized spacial score (nSPS) is 19.2. The molecule has 0 radical (unpaired) electrons. The number of rotatable bonds is 4. The molecule has 4 atom stereocenters. The van der Waals surface area contributed by atoms with Crippen LogP contribution in [0.3, 0.4) is 0 Å². The van der Waals surface area contributed by atoms with Gasteiger partial charge in [0.2, 0.25) is 0 Å². The predicted molar refractivity (Wildman–Crippen MR) is 270 cm³/mol. The molecular formula is C62H42N2O. The topological polar surface area (TPSA) is 29.1 Å². The van der Waals surface area contributed by atoms with Crippen molar-refractivity contribution in [1.29, 1.82) is 0 Å². The summed E-state index contributed by atoms with van der Waals surface area (Å²) in [4.78, 5) is 0. The van der Waals surface area contributed by atoms with E-state index in [9.17, 15) is 5.11 Å². The minimum absolute atomic E-state index is 0.0299. The molecule has 4 heterocycles. The number of fused-ring (bicyclic) bond motifs is 14. The Morgan fingerprint density at radius 3 is 1.71 bits per heavy atom. The maximum absolute atomic E-state index is 12.0. The second kappa shape index (κ2) is 13.2. The summed E-state index contributed by atoms with van der Waals surface area (Å²) in [5.41, 5.74) is 20.1. The van der Waals surface area contributed by atoms with Crippen molar-refractivity contribution in [2.75, 3.05) is 0 Å². The zero-order valence-corrected chi connectivity index (χ0v) is 35.6. The van der Waals surface area contributed by atoms with E-state index in [2.05, 4.69) is 209 Å². The summed E-state index contributed by atoms with van der Waals surface area (Å²) in [5.74, 6) is 0.582. The molecule has 4 unspecified atom stereocenters. The van der Waals surface area contributed by atoms with E-state index in [-0.39, 0.29) is 11.8 Å². The summed E-state index contributed by atoms with van der Waals surface area (Å²) < 4.78 is 4.91. The van der Waals surface area contributed by atoms with Crippen LogP contribution in [0.15, 0.2) is 194 Å². The number of benzene rings is 8. The van der Waals surface area contributed by atoms with Gasteiger partial charge in [-0.2, -0.15) is 0 Å². The van der Waals surface area contributed by atoms with Gasteiger partial charge in [-0.1, -0.05) is 164 Å². The molecule has 12 aromatic rings. The monoisotopic (exact) mass is 830 g/mol. The third-order valence-electron chi connectivity index (χ3n) is 15.6. The van der Waals surface area contributed by atoms with Gasteiger partial charge in [0, 0.05) is 49.4 Å². The van der Waals surface area contributed by atoms with Gasteiger partial charge in [-0.15, -0.1) is 0 Å². The molecule has 3 aliphatic rings. The quantitative estimate of drug-likeness (QED) is 0.188. The van der Waals surface area contributed by atoms with Crippen LogP contribution in [0.25, 0.3) is 99.3 Å². The molecule has 306 valence electrons. The largest absolute Gasteiger partial charge is 0.388 e. The van der Waals surface area contributed by atoms with E-state index in [0.29, 0.717) is 5.92 Å². The zero-order chi connectivity index (χ0) is 42.5. The molecule has 0 fully saturated rings. The van der Waals surface area contributed by atoms with Crippen molar-refractivity contribution in [2.45, 2.75) is 24.9 Å². The molecule has 0 aliphatic heterocycles. The molecule has 4 aromatic heterocycles. The van der Waals surface area contributed by atoms with Crippen molar-refractivity contribution >= 4 is 77.1 Å². The van der Waals surface area contributed by atoms with E-state index in [1.807, 2.05) is 0 Å². The minimum atomic E-state index is -0.556. The summed E-state index contributed by atoms with van der Waals surface area (Å²) in [6, 6.07) is 65.1.